The molecule has 0 spiro atoms. The molecular weight excluding hydrogens is 362 g/mol. The summed E-state index contributed by atoms with van der Waals surface area (Å²) in [6, 6.07) is 7.93. The van der Waals surface area contributed by atoms with Gasteiger partial charge in [0.1, 0.15) is 11.4 Å². The van der Waals surface area contributed by atoms with E-state index in [4.69, 9.17) is 5.73 Å². The van der Waals surface area contributed by atoms with Gasteiger partial charge in [0.2, 0.25) is 0 Å². The fourth-order valence-electron chi connectivity index (χ4n) is 2.86. The minimum Gasteiger partial charge on any atom is -0.384 e. The maximum absolute atomic E-state index is 12.7. The van der Waals surface area contributed by atoms with Gasteiger partial charge in [-0.2, -0.15) is 0 Å². The number of aromatic nitrogens is 3. The largest absolute Gasteiger partial charge is 0.384 e. The first-order valence-electron chi connectivity index (χ1n) is 8.66. The van der Waals surface area contributed by atoms with Crippen molar-refractivity contribution in [2.75, 3.05) is 11.1 Å². The molecule has 142 valence electrons. The molecule has 0 amide bonds. The van der Waals surface area contributed by atoms with E-state index < -0.39 is 11.2 Å². The van der Waals surface area contributed by atoms with Gasteiger partial charge in [-0.1, -0.05) is 26.0 Å². The van der Waals surface area contributed by atoms with Crippen LogP contribution < -0.4 is 22.3 Å². The lowest BCUT2D eigenvalue weighted by Gasteiger charge is -2.15. The van der Waals surface area contributed by atoms with Crippen LogP contribution in [-0.4, -0.2) is 14.1 Å². The van der Waals surface area contributed by atoms with Gasteiger partial charge in [0.15, 0.2) is 5.13 Å². The van der Waals surface area contributed by atoms with Gasteiger partial charge >= 0.3 is 5.69 Å². The van der Waals surface area contributed by atoms with Gasteiger partial charge in [-0.3, -0.25) is 13.9 Å². The number of nitrogens with one attached hydrogen (secondary N) is 1. The first kappa shape index (κ1) is 18.9. The second-order valence-electron chi connectivity index (χ2n) is 6.94. The highest BCUT2D eigenvalue weighted by Gasteiger charge is 2.19. The summed E-state index contributed by atoms with van der Waals surface area (Å²) in [6.45, 7) is 6.43. The molecule has 2 heterocycles. The van der Waals surface area contributed by atoms with Crippen molar-refractivity contribution < 1.29 is 0 Å². The van der Waals surface area contributed by atoms with Crippen LogP contribution in [0.15, 0.2) is 39.2 Å². The van der Waals surface area contributed by atoms with Crippen molar-refractivity contribution in [3.63, 3.8) is 0 Å². The Morgan fingerprint density at radius 2 is 2.04 bits per heavy atom. The molecule has 8 heteroatoms. The van der Waals surface area contributed by atoms with Crippen LogP contribution in [0.1, 0.15) is 19.4 Å². The normalized spacial score (nSPS) is 11.1. The molecular formula is C19H23N5O2S. The van der Waals surface area contributed by atoms with Crippen LogP contribution in [0.3, 0.4) is 0 Å². The van der Waals surface area contributed by atoms with E-state index in [0.29, 0.717) is 17.4 Å². The first-order valence-corrected chi connectivity index (χ1v) is 9.54. The quantitative estimate of drug-likeness (QED) is 0.704. The fourth-order valence-corrected chi connectivity index (χ4v) is 3.58. The molecule has 3 rings (SSSR count). The number of thiazole rings is 1. The highest BCUT2D eigenvalue weighted by atomic mass is 32.1. The number of anilines is 3. The zero-order valence-corrected chi connectivity index (χ0v) is 16.6. The highest BCUT2D eigenvalue weighted by Crippen LogP contribution is 2.28. The fraction of sp³-hybridized carbons (Fsp3) is 0.316. The molecule has 0 saturated heterocycles. The first-order chi connectivity index (χ1) is 12.8. The number of nitrogens with zero attached hydrogens (tertiary/aromatic N) is 3. The van der Waals surface area contributed by atoms with Gasteiger partial charge in [0, 0.05) is 24.7 Å². The van der Waals surface area contributed by atoms with Crippen LogP contribution in [0.2, 0.25) is 0 Å². The van der Waals surface area contributed by atoms with E-state index in [-0.39, 0.29) is 17.3 Å². The molecule has 0 bridgehead atoms. The lowest BCUT2D eigenvalue weighted by atomic mass is 10.2. The van der Waals surface area contributed by atoms with E-state index in [2.05, 4.69) is 10.3 Å². The average molecular weight is 385 g/mol. The van der Waals surface area contributed by atoms with Crippen LogP contribution >= 0.6 is 11.3 Å². The van der Waals surface area contributed by atoms with E-state index in [1.807, 2.05) is 45.0 Å². The van der Waals surface area contributed by atoms with Crippen molar-refractivity contribution in [1.29, 1.82) is 0 Å². The maximum atomic E-state index is 12.7. The zero-order chi connectivity index (χ0) is 19.7. The predicted octanol–water partition coefficient (Wildman–Crippen LogP) is 2.96. The third kappa shape index (κ3) is 3.80. The standard InChI is InChI=1S/C19H23N5O2S/c1-11(2)9-24-16(20)15(17(25)23(4)19(24)26)14-10-27-18(22-14)21-13-7-5-6-12(3)8-13/h5-8,10-11H,9,20H2,1-4H3,(H,21,22). The van der Waals surface area contributed by atoms with Crippen molar-refractivity contribution in [2.45, 2.75) is 27.3 Å². The summed E-state index contributed by atoms with van der Waals surface area (Å²) in [5.74, 6) is 0.369. The maximum Gasteiger partial charge on any atom is 0.332 e. The summed E-state index contributed by atoms with van der Waals surface area (Å²) in [4.78, 5) is 29.6. The number of aryl methyl sites for hydroxylation is 1. The van der Waals surface area contributed by atoms with Crippen LogP contribution in [0.5, 0.6) is 0 Å². The van der Waals surface area contributed by atoms with Gasteiger partial charge in [0.05, 0.1) is 5.69 Å². The predicted molar refractivity (Wildman–Crippen MR) is 111 cm³/mol. The summed E-state index contributed by atoms with van der Waals surface area (Å²) in [6.07, 6.45) is 0. The van der Waals surface area contributed by atoms with E-state index in [0.717, 1.165) is 15.8 Å². The molecule has 0 aliphatic carbocycles. The molecule has 3 N–H and O–H groups in total. The molecule has 0 aliphatic heterocycles. The average Bonchev–Trinajstić information content (AvgIpc) is 3.05. The molecule has 1 aromatic carbocycles. The number of nitrogens with two attached hydrogens (primary N) is 1. The number of benzene rings is 1. The molecule has 0 saturated carbocycles. The Morgan fingerprint density at radius 1 is 1.30 bits per heavy atom. The molecule has 0 unspecified atom stereocenters. The lowest BCUT2D eigenvalue weighted by molar-refractivity contribution is 0.494. The van der Waals surface area contributed by atoms with Crippen molar-refractivity contribution in [3.05, 3.63) is 56.0 Å². The Labute approximate surface area is 161 Å². The third-order valence-electron chi connectivity index (χ3n) is 4.16. The smallest absolute Gasteiger partial charge is 0.332 e. The van der Waals surface area contributed by atoms with Gasteiger partial charge in [-0.05, 0) is 30.5 Å². The number of hydrogen-bond donors (Lipinski definition) is 2. The van der Waals surface area contributed by atoms with E-state index >= 15 is 0 Å². The summed E-state index contributed by atoms with van der Waals surface area (Å²) < 4.78 is 2.52. The van der Waals surface area contributed by atoms with Gasteiger partial charge in [0.25, 0.3) is 5.56 Å². The molecule has 3 aromatic rings. The molecule has 0 fully saturated rings. The van der Waals surface area contributed by atoms with Crippen LogP contribution in [0.4, 0.5) is 16.6 Å². The summed E-state index contributed by atoms with van der Waals surface area (Å²) in [5, 5.41) is 5.66. The van der Waals surface area contributed by atoms with E-state index in [9.17, 15) is 9.59 Å². The molecule has 0 atom stereocenters. The van der Waals surface area contributed by atoms with Crippen molar-refractivity contribution >= 4 is 28.0 Å². The highest BCUT2D eigenvalue weighted by molar-refractivity contribution is 7.14. The molecule has 27 heavy (non-hydrogen) atoms. The minimum absolute atomic E-state index is 0.157. The summed E-state index contributed by atoms with van der Waals surface area (Å²) in [7, 11) is 1.46. The molecule has 0 aliphatic rings. The number of hydrogen-bond acceptors (Lipinski definition) is 6. The summed E-state index contributed by atoms with van der Waals surface area (Å²) >= 11 is 1.38. The van der Waals surface area contributed by atoms with Crippen LogP contribution in [-0.2, 0) is 13.6 Å². The Bertz CT molecular complexity index is 1090. The Hall–Kier alpha value is -2.87. The molecule has 0 radical (unpaired) electrons. The SMILES string of the molecule is Cc1cccc(Nc2nc(-c3c(N)n(CC(C)C)c(=O)n(C)c3=O)cs2)c1. The van der Waals surface area contributed by atoms with E-state index in [1.54, 1.807) is 5.38 Å². The van der Waals surface area contributed by atoms with Crippen molar-refractivity contribution in [2.24, 2.45) is 13.0 Å². The Kier molecular flexibility index (Phi) is 5.18. The number of rotatable bonds is 5. The van der Waals surface area contributed by atoms with Crippen LogP contribution in [0, 0.1) is 12.8 Å². The van der Waals surface area contributed by atoms with Gasteiger partial charge < -0.3 is 11.1 Å². The van der Waals surface area contributed by atoms with Gasteiger partial charge in [-0.25, -0.2) is 9.78 Å². The minimum atomic E-state index is -0.440. The van der Waals surface area contributed by atoms with Crippen LogP contribution in [0.25, 0.3) is 11.3 Å². The molecule has 7 nitrogen and oxygen atoms in total. The topological polar surface area (TPSA) is 94.9 Å². The monoisotopic (exact) mass is 385 g/mol. The third-order valence-corrected chi connectivity index (χ3v) is 4.92. The Balaban J connectivity index is 2.04. The molecule has 2 aromatic heterocycles. The Morgan fingerprint density at radius 3 is 2.70 bits per heavy atom. The lowest BCUT2D eigenvalue weighted by Crippen LogP contribution is -2.41. The summed E-state index contributed by atoms with van der Waals surface area (Å²) in [5.41, 5.74) is 8.13. The van der Waals surface area contributed by atoms with Crippen molar-refractivity contribution in [1.82, 2.24) is 14.1 Å². The zero-order valence-electron chi connectivity index (χ0n) is 15.8. The second kappa shape index (κ2) is 7.40. The van der Waals surface area contributed by atoms with Crippen molar-refractivity contribution in [3.8, 4) is 11.3 Å². The van der Waals surface area contributed by atoms with E-state index in [1.165, 1.54) is 23.0 Å². The van der Waals surface area contributed by atoms with Gasteiger partial charge in [-0.15, -0.1) is 11.3 Å². The second-order valence-corrected chi connectivity index (χ2v) is 7.80. The number of nitrogen functional groups attached to an aromatic ring is 1.